The minimum Gasteiger partial charge on any atom is -0.351 e. The van der Waals surface area contributed by atoms with E-state index in [-0.39, 0.29) is 17.6 Å². The Morgan fingerprint density at radius 1 is 1.07 bits per heavy atom. The SMILES string of the molecule is Cc1cc(C(=O)N2CCN(C(=O)c3cc(Cl)cc4cccnc34)CC2)on1. The van der Waals surface area contributed by atoms with E-state index in [1.54, 1.807) is 41.1 Å². The van der Waals surface area contributed by atoms with Crippen molar-refractivity contribution in [3.63, 3.8) is 0 Å². The summed E-state index contributed by atoms with van der Waals surface area (Å²) in [5.74, 6) is -0.126. The van der Waals surface area contributed by atoms with Crippen LogP contribution in [-0.4, -0.2) is 57.9 Å². The van der Waals surface area contributed by atoms with Crippen LogP contribution in [0.15, 0.2) is 41.1 Å². The molecule has 0 atom stereocenters. The summed E-state index contributed by atoms with van der Waals surface area (Å²) in [5.41, 5.74) is 1.76. The molecule has 1 fully saturated rings. The Morgan fingerprint density at radius 2 is 1.78 bits per heavy atom. The predicted molar refractivity (Wildman–Crippen MR) is 99.8 cm³/mol. The van der Waals surface area contributed by atoms with Gasteiger partial charge in [-0.1, -0.05) is 22.8 Å². The van der Waals surface area contributed by atoms with E-state index in [1.165, 1.54) is 0 Å². The Labute approximate surface area is 160 Å². The number of amides is 2. The zero-order valence-electron chi connectivity index (χ0n) is 14.7. The molecule has 1 saturated heterocycles. The molecule has 0 unspecified atom stereocenters. The molecule has 7 nitrogen and oxygen atoms in total. The second kappa shape index (κ2) is 7.00. The lowest BCUT2D eigenvalue weighted by molar-refractivity contribution is 0.0513. The summed E-state index contributed by atoms with van der Waals surface area (Å²) in [6.45, 7) is 3.48. The van der Waals surface area contributed by atoms with Crippen LogP contribution in [0.2, 0.25) is 5.02 Å². The van der Waals surface area contributed by atoms with Crippen LogP contribution in [0.5, 0.6) is 0 Å². The number of rotatable bonds is 2. The number of aromatic nitrogens is 2. The average molecular weight is 385 g/mol. The highest BCUT2D eigenvalue weighted by Gasteiger charge is 2.28. The second-order valence-corrected chi connectivity index (χ2v) is 6.88. The molecule has 27 heavy (non-hydrogen) atoms. The molecule has 3 aromatic rings. The molecule has 2 amide bonds. The van der Waals surface area contributed by atoms with Crippen molar-refractivity contribution >= 4 is 34.3 Å². The summed E-state index contributed by atoms with van der Waals surface area (Å²) < 4.78 is 5.04. The minimum absolute atomic E-state index is 0.135. The quantitative estimate of drug-likeness (QED) is 0.678. The zero-order chi connectivity index (χ0) is 19.0. The van der Waals surface area contributed by atoms with Gasteiger partial charge >= 0.3 is 0 Å². The van der Waals surface area contributed by atoms with E-state index in [1.807, 2.05) is 12.1 Å². The molecular formula is C19H17ClN4O3. The first-order valence-electron chi connectivity index (χ1n) is 8.59. The fraction of sp³-hybridized carbons (Fsp3) is 0.263. The lowest BCUT2D eigenvalue weighted by Gasteiger charge is -2.34. The fourth-order valence-electron chi connectivity index (χ4n) is 3.22. The van der Waals surface area contributed by atoms with Crippen LogP contribution in [0.25, 0.3) is 10.9 Å². The Kier molecular flexibility index (Phi) is 4.53. The van der Waals surface area contributed by atoms with Crippen molar-refractivity contribution in [1.82, 2.24) is 19.9 Å². The molecule has 0 radical (unpaired) electrons. The third-order valence-corrected chi connectivity index (χ3v) is 4.81. The standard InChI is InChI=1S/C19H17ClN4O3/c1-12-9-16(27-22-12)19(26)24-7-5-23(6-8-24)18(25)15-11-14(20)10-13-3-2-4-21-17(13)15/h2-4,9-11H,5-8H2,1H3. The third-order valence-electron chi connectivity index (χ3n) is 4.59. The van der Waals surface area contributed by atoms with E-state index < -0.39 is 0 Å². The first-order chi connectivity index (χ1) is 13.0. The van der Waals surface area contributed by atoms with Crippen LogP contribution in [-0.2, 0) is 0 Å². The summed E-state index contributed by atoms with van der Waals surface area (Å²) in [6.07, 6.45) is 1.66. The van der Waals surface area contributed by atoms with Gasteiger partial charge in [-0.3, -0.25) is 14.6 Å². The van der Waals surface area contributed by atoms with Gasteiger partial charge in [0.2, 0.25) is 5.76 Å². The molecule has 1 aliphatic rings. The number of halogens is 1. The average Bonchev–Trinajstić information content (AvgIpc) is 3.12. The lowest BCUT2D eigenvalue weighted by atomic mass is 10.1. The molecule has 0 aliphatic carbocycles. The summed E-state index contributed by atoms with van der Waals surface area (Å²) in [5, 5.41) is 5.06. The van der Waals surface area contributed by atoms with Crippen LogP contribution < -0.4 is 0 Å². The Balaban J connectivity index is 1.50. The molecular weight excluding hydrogens is 368 g/mol. The summed E-state index contributed by atoms with van der Waals surface area (Å²) in [7, 11) is 0. The van der Waals surface area contributed by atoms with Crippen LogP contribution in [0.4, 0.5) is 0 Å². The van der Waals surface area contributed by atoms with Gasteiger partial charge in [-0.2, -0.15) is 0 Å². The number of benzene rings is 1. The monoisotopic (exact) mass is 384 g/mol. The number of carbonyl (C=O) groups is 2. The minimum atomic E-state index is -0.211. The number of hydrogen-bond acceptors (Lipinski definition) is 5. The van der Waals surface area contributed by atoms with E-state index >= 15 is 0 Å². The molecule has 3 heterocycles. The van der Waals surface area contributed by atoms with Gasteiger partial charge in [0.25, 0.3) is 11.8 Å². The maximum absolute atomic E-state index is 13.0. The first kappa shape index (κ1) is 17.5. The normalized spacial score (nSPS) is 14.6. The maximum atomic E-state index is 13.0. The zero-order valence-corrected chi connectivity index (χ0v) is 15.4. The summed E-state index contributed by atoms with van der Waals surface area (Å²) in [6, 6.07) is 8.73. The lowest BCUT2D eigenvalue weighted by Crippen LogP contribution is -2.50. The van der Waals surface area contributed by atoms with E-state index in [0.717, 1.165) is 5.39 Å². The number of fused-ring (bicyclic) bond motifs is 1. The van der Waals surface area contributed by atoms with Gasteiger partial charge in [-0.05, 0) is 25.1 Å². The van der Waals surface area contributed by atoms with Crippen LogP contribution in [0.3, 0.4) is 0 Å². The van der Waals surface area contributed by atoms with Gasteiger partial charge in [-0.15, -0.1) is 0 Å². The third kappa shape index (κ3) is 3.38. The molecule has 0 spiro atoms. The van der Waals surface area contributed by atoms with E-state index in [9.17, 15) is 9.59 Å². The van der Waals surface area contributed by atoms with Crippen molar-refractivity contribution in [2.45, 2.75) is 6.92 Å². The van der Waals surface area contributed by atoms with E-state index in [0.29, 0.717) is 48.0 Å². The predicted octanol–water partition coefficient (Wildman–Crippen LogP) is 2.78. The Morgan fingerprint density at radius 3 is 2.44 bits per heavy atom. The summed E-state index contributed by atoms with van der Waals surface area (Å²) in [4.78, 5) is 33.2. The number of pyridine rings is 1. The van der Waals surface area contributed by atoms with Gasteiger partial charge in [0, 0.05) is 48.9 Å². The molecule has 1 aliphatic heterocycles. The topological polar surface area (TPSA) is 79.5 Å². The number of piperazine rings is 1. The van der Waals surface area contributed by atoms with E-state index in [2.05, 4.69) is 10.1 Å². The number of nitrogens with zero attached hydrogens (tertiary/aromatic N) is 4. The second-order valence-electron chi connectivity index (χ2n) is 6.45. The maximum Gasteiger partial charge on any atom is 0.292 e. The van der Waals surface area contributed by atoms with E-state index in [4.69, 9.17) is 16.1 Å². The summed E-state index contributed by atoms with van der Waals surface area (Å²) >= 11 is 6.17. The molecule has 8 heteroatoms. The number of hydrogen-bond donors (Lipinski definition) is 0. The van der Waals surface area contributed by atoms with Crippen molar-refractivity contribution in [3.05, 3.63) is 58.6 Å². The van der Waals surface area contributed by atoms with Gasteiger partial charge in [0.15, 0.2) is 0 Å². The van der Waals surface area contributed by atoms with Gasteiger partial charge in [0.1, 0.15) is 0 Å². The Bertz CT molecular complexity index is 1020. The largest absolute Gasteiger partial charge is 0.351 e. The van der Waals surface area contributed by atoms with Crippen molar-refractivity contribution in [2.75, 3.05) is 26.2 Å². The smallest absolute Gasteiger partial charge is 0.292 e. The van der Waals surface area contributed by atoms with Crippen molar-refractivity contribution in [1.29, 1.82) is 0 Å². The van der Waals surface area contributed by atoms with Crippen LogP contribution in [0.1, 0.15) is 26.6 Å². The fourth-order valence-corrected chi connectivity index (χ4v) is 3.45. The van der Waals surface area contributed by atoms with Crippen molar-refractivity contribution in [2.24, 2.45) is 0 Å². The number of carbonyl (C=O) groups excluding carboxylic acids is 2. The molecule has 2 aromatic heterocycles. The van der Waals surface area contributed by atoms with Crippen LogP contribution in [0, 0.1) is 6.92 Å². The van der Waals surface area contributed by atoms with Crippen molar-refractivity contribution in [3.8, 4) is 0 Å². The van der Waals surface area contributed by atoms with Crippen LogP contribution >= 0.6 is 11.6 Å². The highest BCUT2D eigenvalue weighted by atomic mass is 35.5. The number of aryl methyl sites for hydroxylation is 1. The highest BCUT2D eigenvalue weighted by molar-refractivity contribution is 6.32. The molecule has 1 aromatic carbocycles. The van der Waals surface area contributed by atoms with Gasteiger partial charge in [-0.25, -0.2) is 0 Å². The van der Waals surface area contributed by atoms with Gasteiger partial charge in [0.05, 0.1) is 16.8 Å². The molecule has 0 saturated carbocycles. The van der Waals surface area contributed by atoms with Gasteiger partial charge < -0.3 is 14.3 Å². The van der Waals surface area contributed by atoms with Crippen molar-refractivity contribution < 1.29 is 14.1 Å². The molecule has 138 valence electrons. The molecule has 0 bridgehead atoms. The highest BCUT2D eigenvalue weighted by Crippen LogP contribution is 2.24. The molecule has 4 rings (SSSR count). The molecule has 0 N–H and O–H groups in total. The first-order valence-corrected chi connectivity index (χ1v) is 8.97. The Hall–Kier alpha value is -2.93.